The zero-order valence-corrected chi connectivity index (χ0v) is 14.6. The second-order valence-electron chi connectivity index (χ2n) is 6.51. The molecule has 1 aromatic rings. The number of ether oxygens (including phenoxy) is 1. The van der Waals surface area contributed by atoms with E-state index in [1.165, 1.54) is 0 Å². The van der Waals surface area contributed by atoms with E-state index in [-0.39, 0.29) is 6.03 Å². The molecular weight excluding hydrogens is 276 g/mol. The topological polar surface area (TPSA) is 41.6 Å². The molecule has 4 nitrogen and oxygen atoms in total. The summed E-state index contributed by atoms with van der Waals surface area (Å²) in [5.74, 6) is 1.97. The van der Waals surface area contributed by atoms with Gasteiger partial charge in [0.25, 0.3) is 0 Å². The van der Waals surface area contributed by atoms with E-state index in [1.54, 1.807) is 7.11 Å². The smallest absolute Gasteiger partial charge is 0.321 e. The molecule has 0 aliphatic rings. The first-order valence-corrected chi connectivity index (χ1v) is 8.12. The number of benzene rings is 1. The van der Waals surface area contributed by atoms with Gasteiger partial charge in [-0.3, -0.25) is 0 Å². The highest BCUT2D eigenvalue weighted by atomic mass is 16.5. The van der Waals surface area contributed by atoms with E-state index in [0.29, 0.717) is 11.8 Å². The number of carbonyl (C=O) groups is 1. The third-order valence-electron chi connectivity index (χ3n) is 3.58. The molecule has 1 N–H and O–H groups in total. The van der Waals surface area contributed by atoms with Gasteiger partial charge >= 0.3 is 6.03 Å². The number of urea groups is 1. The van der Waals surface area contributed by atoms with Crippen LogP contribution in [0.1, 0.15) is 40.5 Å². The van der Waals surface area contributed by atoms with Crippen molar-refractivity contribution in [1.29, 1.82) is 0 Å². The maximum atomic E-state index is 12.5. The van der Waals surface area contributed by atoms with E-state index in [4.69, 9.17) is 4.74 Å². The van der Waals surface area contributed by atoms with Crippen LogP contribution in [0.15, 0.2) is 24.3 Å². The second-order valence-corrected chi connectivity index (χ2v) is 6.51. The predicted octanol–water partition coefficient (Wildman–Crippen LogP) is 4.62. The molecular formula is C18H30N2O2. The fourth-order valence-corrected chi connectivity index (χ4v) is 2.02. The average Bonchev–Trinajstić information content (AvgIpc) is 2.47. The number of rotatable bonds is 8. The molecule has 2 amide bonds. The van der Waals surface area contributed by atoms with Gasteiger partial charge in [-0.05, 0) is 48.9 Å². The molecule has 1 aromatic carbocycles. The van der Waals surface area contributed by atoms with Gasteiger partial charge in [0, 0.05) is 18.8 Å². The van der Waals surface area contributed by atoms with Gasteiger partial charge in [0.15, 0.2) is 0 Å². The summed E-state index contributed by atoms with van der Waals surface area (Å²) in [6.07, 6.45) is 2.04. The van der Waals surface area contributed by atoms with Crippen molar-refractivity contribution in [3.63, 3.8) is 0 Å². The maximum absolute atomic E-state index is 12.5. The molecule has 0 heterocycles. The van der Waals surface area contributed by atoms with E-state index in [1.807, 2.05) is 29.2 Å². The number of carbonyl (C=O) groups excluding carboxylic acids is 1. The van der Waals surface area contributed by atoms with E-state index < -0.39 is 0 Å². The predicted molar refractivity (Wildman–Crippen MR) is 92.5 cm³/mol. The molecule has 22 heavy (non-hydrogen) atoms. The first-order chi connectivity index (χ1) is 10.4. The van der Waals surface area contributed by atoms with Crippen LogP contribution in [0.4, 0.5) is 10.5 Å². The van der Waals surface area contributed by atoms with Crippen molar-refractivity contribution in [3.8, 4) is 5.75 Å². The summed E-state index contributed by atoms with van der Waals surface area (Å²) in [4.78, 5) is 14.4. The highest BCUT2D eigenvalue weighted by Crippen LogP contribution is 2.16. The van der Waals surface area contributed by atoms with Crippen LogP contribution in [0.5, 0.6) is 5.75 Å². The SMILES string of the molecule is COc1ccc(NC(=O)N(CCC(C)C)CCC(C)C)cc1. The van der Waals surface area contributed by atoms with Crippen LogP contribution in [-0.4, -0.2) is 31.1 Å². The van der Waals surface area contributed by atoms with Crippen LogP contribution in [0.3, 0.4) is 0 Å². The Hall–Kier alpha value is -1.71. The van der Waals surface area contributed by atoms with Gasteiger partial charge in [-0.25, -0.2) is 4.79 Å². The van der Waals surface area contributed by atoms with Gasteiger partial charge < -0.3 is 15.0 Å². The van der Waals surface area contributed by atoms with Crippen LogP contribution in [0.2, 0.25) is 0 Å². The Balaban J connectivity index is 2.63. The summed E-state index contributed by atoms with van der Waals surface area (Å²) in [6.45, 7) is 10.3. The van der Waals surface area contributed by atoms with Gasteiger partial charge in [0.2, 0.25) is 0 Å². The fourth-order valence-electron chi connectivity index (χ4n) is 2.02. The molecule has 0 aromatic heterocycles. The molecule has 4 heteroatoms. The minimum Gasteiger partial charge on any atom is -0.497 e. The molecule has 0 bridgehead atoms. The molecule has 0 saturated carbocycles. The summed E-state index contributed by atoms with van der Waals surface area (Å²) < 4.78 is 5.13. The number of amides is 2. The van der Waals surface area contributed by atoms with Crippen molar-refractivity contribution >= 4 is 11.7 Å². The Morgan fingerprint density at radius 2 is 1.55 bits per heavy atom. The van der Waals surface area contributed by atoms with Crippen LogP contribution in [0, 0.1) is 11.8 Å². The summed E-state index contributed by atoms with van der Waals surface area (Å²) in [7, 11) is 1.63. The third-order valence-corrected chi connectivity index (χ3v) is 3.58. The van der Waals surface area contributed by atoms with Crippen molar-refractivity contribution in [2.45, 2.75) is 40.5 Å². The maximum Gasteiger partial charge on any atom is 0.321 e. The average molecular weight is 306 g/mol. The molecule has 0 fully saturated rings. The van der Waals surface area contributed by atoms with Crippen LogP contribution in [0.25, 0.3) is 0 Å². The molecule has 0 radical (unpaired) electrons. The van der Waals surface area contributed by atoms with Crippen LogP contribution in [-0.2, 0) is 0 Å². The lowest BCUT2D eigenvalue weighted by Gasteiger charge is -2.25. The van der Waals surface area contributed by atoms with E-state index in [0.717, 1.165) is 37.4 Å². The molecule has 124 valence electrons. The molecule has 0 aliphatic heterocycles. The number of hydrogen-bond acceptors (Lipinski definition) is 2. The number of anilines is 1. The second kappa shape index (κ2) is 9.34. The monoisotopic (exact) mass is 306 g/mol. The van der Waals surface area contributed by atoms with Crippen molar-refractivity contribution < 1.29 is 9.53 Å². The highest BCUT2D eigenvalue weighted by Gasteiger charge is 2.14. The highest BCUT2D eigenvalue weighted by molar-refractivity contribution is 5.89. The van der Waals surface area contributed by atoms with E-state index >= 15 is 0 Å². The molecule has 0 aliphatic carbocycles. The Morgan fingerprint density at radius 1 is 1.05 bits per heavy atom. The van der Waals surface area contributed by atoms with Crippen molar-refractivity contribution in [2.24, 2.45) is 11.8 Å². The van der Waals surface area contributed by atoms with Gasteiger partial charge in [-0.15, -0.1) is 0 Å². The van der Waals surface area contributed by atoms with Gasteiger partial charge in [-0.1, -0.05) is 27.7 Å². The number of hydrogen-bond donors (Lipinski definition) is 1. The lowest BCUT2D eigenvalue weighted by atomic mass is 10.1. The van der Waals surface area contributed by atoms with Crippen molar-refractivity contribution in [3.05, 3.63) is 24.3 Å². The van der Waals surface area contributed by atoms with Crippen molar-refractivity contribution in [2.75, 3.05) is 25.5 Å². The molecule has 1 rings (SSSR count). The minimum absolute atomic E-state index is 0.0218. The van der Waals surface area contributed by atoms with E-state index in [2.05, 4.69) is 33.0 Å². The Labute approximate surface area is 134 Å². The lowest BCUT2D eigenvalue weighted by molar-refractivity contribution is 0.205. The van der Waals surface area contributed by atoms with Crippen LogP contribution >= 0.6 is 0 Å². The number of methoxy groups -OCH3 is 1. The first kappa shape index (κ1) is 18.3. The quantitative estimate of drug-likeness (QED) is 0.761. The number of nitrogens with zero attached hydrogens (tertiary/aromatic N) is 1. The van der Waals surface area contributed by atoms with Gasteiger partial charge in [-0.2, -0.15) is 0 Å². The molecule has 0 unspecified atom stereocenters. The summed E-state index contributed by atoms with van der Waals surface area (Å²) in [6, 6.07) is 7.40. The molecule has 0 saturated heterocycles. The Morgan fingerprint density at radius 3 is 1.95 bits per heavy atom. The first-order valence-electron chi connectivity index (χ1n) is 8.12. The van der Waals surface area contributed by atoms with Gasteiger partial charge in [0.05, 0.1) is 7.11 Å². The summed E-state index contributed by atoms with van der Waals surface area (Å²) in [5.41, 5.74) is 0.796. The Bertz CT molecular complexity index is 429. The third kappa shape index (κ3) is 6.83. The zero-order chi connectivity index (χ0) is 16.5. The lowest BCUT2D eigenvalue weighted by Crippen LogP contribution is -2.37. The largest absolute Gasteiger partial charge is 0.497 e. The van der Waals surface area contributed by atoms with Crippen LogP contribution < -0.4 is 10.1 Å². The standard InChI is InChI=1S/C18H30N2O2/c1-14(2)10-12-20(13-11-15(3)4)18(21)19-16-6-8-17(22-5)9-7-16/h6-9,14-15H,10-13H2,1-5H3,(H,19,21). The van der Waals surface area contributed by atoms with E-state index in [9.17, 15) is 4.79 Å². The normalized spacial score (nSPS) is 10.9. The fraction of sp³-hybridized carbons (Fsp3) is 0.611. The molecule has 0 atom stereocenters. The summed E-state index contributed by atoms with van der Waals surface area (Å²) >= 11 is 0. The number of nitrogens with one attached hydrogen (secondary N) is 1. The van der Waals surface area contributed by atoms with Gasteiger partial charge in [0.1, 0.15) is 5.75 Å². The van der Waals surface area contributed by atoms with Crippen molar-refractivity contribution in [1.82, 2.24) is 4.90 Å². The zero-order valence-electron chi connectivity index (χ0n) is 14.6. The Kier molecular flexibility index (Phi) is 7.78. The summed E-state index contributed by atoms with van der Waals surface area (Å²) in [5, 5.41) is 2.97. The minimum atomic E-state index is -0.0218. The molecule has 0 spiro atoms.